The smallest absolute Gasteiger partial charge is 0.294 e. The molecule has 0 aliphatic heterocycles. The van der Waals surface area contributed by atoms with Crippen LogP contribution in [0.15, 0.2) is 127 Å². The summed E-state index contributed by atoms with van der Waals surface area (Å²) >= 11 is 0. The molecule has 0 saturated carbocycles. The molecule has 6 rings (SSSR count). The van der Waals surface area contributed by atoms with Gasteiger partial charge in [-0.2, -0.15) is 16.8 Å². The van der Waals surface area contributed by atoms with Gasteiger partial charge in [-0.05, 0) is 105 Å². The van der Waals surface area contributed by atoms with Crippen LogP contribution in [-0.2, 0) is 20.2 Å². The number of hydrogen-bond acceptors (Lipinski definition) is 12. The lowest BCUT2D eigenvalue weighted by Gasteiger charge is -2.10. The number of phenolic OH excluding ortho intramolecular Hbond substituents is 2. The molecule has 0 aromatic heterocycles. The van der Waals surface area contributed by atoms with Crippen molar-refractivity contribution >= 4 is 64.5 Å². The first-order valence-corrected chi connectivity index (χ1v) is 17.3. The molecule has 0 bridgehead atoms. The number of fused-ring (bicyclic) bond motifs is 2. The van der Waals surface area contributed by atoms with Crippen LogP contribution in [0.1, 0.15) is 0 Å². The number of aromatic hydroxyl groups is 2. The second kappa shape index (κ2) is 13.2. The Morgan fingerprint density at radius 3 is 1.20 bits per heavy atom. The van der Waals surface area contributed by atoms with Crippen molar-refractivity contribution in [2.75, 3.05) is 14.2 Å². The van der Waals surface area contributed by atoms with Crippen molar-refractivity contribution in [2.45, 2.75) is 9.79 Å². The van der Waals surface area contributed by atoms with Gasteiger partial charge in [0.25, 0.3) is 20.2 Å². The topological polar surface area (TPSA) is 217 Å². The van der Waals surface area contributed by atoms with Crippen LogP contribution in [0.2, 0.25) is 0 Å². The SMILES string of the molecule is COc1cc(-c2ccc(N=Nc3cc4cc(S(=O)(=O)O)ccc4cc3O)c(OC)c2)ccc1N=Nc1cc2cc(S(=O)(=O)O)ccc2cc1O. The zero-order valence-electron chi connectivity index (χ0n) is 26.1. The average Bonchev–Trinajstić information content (AvgIpc) is 3.08. The van der Waals surface area contributed by atoms with Gasteiger partial charge in [-0.1, -0.05) is 24.3 Å². The molecule has 0 radical (unpaired) electrons. The normalized spacial score (nSPS) is 12.3. The van der Waals surface area contributed by atoms with Crippen molar-refractivity contribution in [2.24, 2.45) is 20.5 Å². The first-order chi connectivity index (χ1) is 23.7. The molecule has 0 saturated heterocycles. The summed E-state index contributed by atoms with van der Waals surface area (Å²) in [5, 5.41) is 39.6. The summed E-state index contributed by atoms with van der Waals surface area (Å²) in [7, 11) is -5.94. The van der Waals surface area contributed by atoms with Crippen molar-refractivity contribution < 1.29 is 45.6 Å². The lowest BCUT2D eigenvalue weighted by atomic mass is 10.0. The van der Waals surface area contributed by atoms with Crippen molar-refractivity contribution in [3.63, 3.8) is 0 Å². The minimum absolute atomic E-state index is 0.0606. The Hall–Kier alpha value is -5.94. The summed E-state index contributed by atoms with van der Waals surface area (Å²) in [5.41, 5.74) is 2.22. The van der Waals surface area contributed by atoms with E-state index >= 15 is 0 Å². The van der Waals surface area contributed by atoms with Crippen LogP contribution in [0.3, 0.4) is 0 Å². The molecule has 254 valence electrons. The lowest BCUT2D eigenvalue weighted by Crippen LogP contribution is -1.97. The zero-order valence-corrected chi connectivity index (χ0v) is 27.7. The number of benzene rings is 6. The number of rotatable bonds is 9. The first kappa shape index (κ1) is 33.9. The predicted octanol–water partition coefficient (Wildman–Crippen LogP) is 8.41. The summed E-state index contributed by atoms with van der Waals surface area (Å²) in [6, 6.07) is 23.8. The van der Waals surface area contributed by atoms with Crippen LogP contribution in [0, 0.1) is 0 Å². The Morgan fingerprint density at radius 1 is 0.460 bits per heavy atom. The zero-order chi connectivity index (χ0) is 35.8. The molecule has 0 heterocycles. The summed E-state index contributed by atoms with van der Waals surface area (Å²) in [6.45, 7) is 0. The van der Waals surface area contributed by atoms with Crippen LogP contribution in [0.5, 0.6) is 23.0 Å². The van der Waals surface area contributed by atoms with Gasteiger partial charge in [0.2, 0.25) is 0 Å². The van der Waals surface area contributed by atoms with E-state index in [0.29, 0.717) is 44.4 Å². The van der Waals surface area contributed by atoms with Crippen LogP contribution >= 0.6 is 0 Å². The number of hydrogen-bond donors (Lipinski definition) is 4. The van der Waals surface area contributed by atoms with Crippen molar-refractivity contribution in [1.29, 1.82) is 0 Å². The quantitative estimate of drug-likeness (QED) is 0.0827. The third kappa shape index (κ3) is 7.08. The van der Waals surface area contributed by atoms with Gasteiger partial charge in [-0.15, -0.1) is 20.5 Å². The minimum atomic E-state index is -4.43. The monoisotopic (exact) mass is 714 g/mol. The second-order valence-electron chi connectivity index (χ2n) is 10.8. The van der Waals surface area contributed by atoms with Crippen LogP contribution in [-0.4, -0.2) is 50.4 Å². The van der Waals surface area contributed by atoms with Gasteiger partial charge in [-0.25, -0.2) is 0 Å². The Bertz CT molecular complexity index is 2430. The Morgan fingerprint density at radius 2 is 0.840 bits per heavy atom. The highest BCUT2D eigenvalue weighted by molar-refractivity contribution is 7.86. The van der Waals surface area contributed by atoms with Gasteiger partial charge in [0, 0.05) is 0 Å². The molecule has 16 heteroatoms. The predicted molar refractivity (Wildman–Crippen MR) is 184 cm³/mol. The van der Waals surface area contributed by atoms with Crippen LogP contribution in [0.4, 0.5) is 22.7 Å². The summed E-state index contributed by atoms with van der Waals surface area (Å²) in [6.07, 6.45) is 0. The van der Waals surface area contributed by atoms with E-state index in [9.17, 15) is 36.2 Å². The highest BCUT2D eigenvalue weighted by atomic mass is 32.2. The van der Waals surface area contributed by atoms with E-state index in [1.165, 1.54) is 74.9 Å². The molecule has 0 spiro atoms. The number of azo groups is 2. The third-order valence-electron chi connectivity index (χ3n) is 7.63. The largest absolute Gasteiger partial charge is 0.506 e. The Labute approximate surface area is 285 Å². The molecular formula is C34H26N4O10S2. The molecule has 50 heavy (non-hydrogen) atoms. The van der Waals surface area contributed by atoms with Gasteiger partial charge in [0.05, 0.1) is 24.0 Å². The molecule has 6 aromatic carbocycles. The number of nitrogens with zero attached hydrogens (tertiary/aromatic N) is 4. The molecule has 0 atom stereocenters. The number of phenols is 2. The van der Waals surface area contributed by atoms with Crippen LogP contribution in [0.25, 0.3) is 32.7 Å². The lowest BCUT2D eigenvalue weighted by molar-refractivity contribution is 0.415. The Kier molecular flexibility index (Phi) is 8.94. The van der Waals surface area contributed by atoms with E-state index in [2.05, 4.69) is 20.5 Å². The fraction of sp³-hybridized carbons (Fsp3) is 0.0588. The standard InChI is InChI=1S/C34H26N4O10S2/c1-47-33-17-21(5-9-27(33)35-37-29-13-23-11-25(49(41,42)43)7-3-19(23)15-31(29)39)22-6-10-28(34(18-22)48-2)36-38-30-14-24-12-26(50(44,45)46)8-4-20(24)16-32(30)40/h3-18,39-40H,1-2H3,(H,41,42,43)(H,44,45,46). The molecule has 0 amide bonds. The van der Waals surface area contributed by atoms with Gasteiger partial charge < -0.3 is 19.7 Å². The summed E-state index contributed by atoms with van der Waals surface area (Å²) < 4.78 is 76.1. The van der Waals surface area contributed by atoms with Crippen molar-refractivity contribution in [3.05, 3.63) is 97.1 Å². The van der Waals surface area contributed by atoms with E-state index in [0.717, 1.165) is 11.1 Å². The van der Waals surface area contributed by atoms with Crippen LogP contribution < -0.4 is 9.47 Å². The van der Waals surface area contributed by atoms with E-state index in [4.69, 9.17) is 9.47 Å². The second-order valence-corrected chi connectivity index (χ2v) is 13.7. The number of methoxy groups -OCH3 is 2. The van der Waals surface area contributed by atoms with Gasteiger partial charge in [0.1, 0.15) is 45.7 Å². The maximum absolute atomic E-state index is 11.6. The van der Waals surface area contributed by atoms with Gasteiger partial charge in [-0.3, -0.25) is 9.11 Å². The van der Waals surface area contributed by atoms with Gasteiger partial charge in [0.15, 0.2) is 0 Å². The van der Waals surface area contributed by atoms with E-state index in [1.54, 1.807) is 36.4 Å². The number of ether oxygens (including phenoxy) is 2. The first-order valence-electron chi connectivity index (χ1n) is 14.4. The maximum Gasteiger partial charge on any atom is 0.294 e. The molecule has 4 N–H and O–H groups in total. The molecule has 6 aromatic rings. The van der Waals surface area contributed by atoms with Crippen molar-refractivity contribution in [3.8, 4) is 34.1 Å². The van der Waals surface area contributed by atoms with E-state index in [-0.39, 0.29) is 32.7 Å². The summed E-state index contributed by atoms with van der Waals surface area (Å²) in [5.74, 6) is 0.324. The molecule has 0 fully saturated rings. The Balaban J connectivity index is 1.27. The average molecular weight is 715 g/mol. The summed E-state index contributed by atoms with van der Waals surface area (Å²) in [4.78, 5) is -0.598. The van der Waals surface area contributed by atoms with E-state index < -0.39 is 20.2 Å². The fourth-order valence-corrected chi connectivity index (χ4v) is 6.11. The highest BCUT2D eigenvalue weighted by Gasteiger charge is 2.14. The minimum Gasteiger partial charge on any atom is -0.506 e. The fourth-order valence-electron chi connectivity index (χ4n) is 5.08. The third-order valence-corrected chi connectivity index (χ3v) is 9.33. The molecule has 0 aliphatic carbocycles. The molecular weight excluding hydrogens is 689 g/mol. The van der Waals surface area contributed by atoms with Crippen molar-refractivity contribution in [1.82, 2.24) is 0 Å². The molecule has 14 nitrogen and oxygen atoms in total. The van der Waals surface area contributed by atoms with Gasteiger partial charge >= 0.3 is 0 Å². The molecule has 0 unspecified atom stereocenters. The van der Waals surface area contributed by atoms with E-state index in [1.807, 2.05) is 0 Å². The molecule has 0 aliphatic rings. The maximum atomic E-state index is 11.6. The highest BCUT2D eigenvalue weighted by Crippen LogP contribution is 2.40.